The summed E-state index contributed by atoms with van der Waals surface area (Å²) in [5.74, 6) is 0.628. The van der Waals surface area contributed by atoms with Crippen molar-refractivity contribution in [1.29, 1.82) is 0 Å². The minimum Gasteiger partial charge on any atom is -0.492 e. The third-order valence-electron chi connectivity index (χ3n) is 5.16. The third-order valence-corrected chi connectivity index (χ3v) is 7.82. The smallest absolute Gasteiger partial charge is 0.268 e. The lowest BCUT2D eigenvalue weighted by Crippen LogP contribution is -2.14. The van der Waals surface area contributed by atoms with Crippen LogP contribution in [-0.2, 0) is 16.6 Å². The van der Waals surface area contributed by atoms with Crippen LogP contribution in [0, 0.1) is 5.82 Å². The molecule has 4 rings (SSSR count). The molecule has 6 nitrogen and oxygen atoms in total. The summed E-state index contributed by atoms with van der Waals surface area (Å²) < 4.78 is 54.0. The molecule has 34 heavy (non-hydrogen) atoms. The van der Waals surface area contributed by atoms with Gasteiger partial charge in [0.05, 0.1) is 29.7 Å². The first-order chi connectivity index (χ1) is 15.9. The van der Waals surface area contributed by atoms with E-state index in [1.54, 1.807) is 57.7 Å². The van der Waals surface area contributed by atoms with Crippen molar-refractivity contribution < 1.29 is 22.3 Å². The van der Waals surface area contributed by atoms with Gasteiger partial charge >= 0.3 is 0 Å². The predicted octanol–water partition coefficient (Wildman–Crippen LogP) is 5.42. The first-order valence-electron chi connectivity index (χ1n) is 10.1. The van der Waals surface area contributed by atoms with Crippen molar-refractivity contribution in [1.82, 2.24) is 9.29 Å². The van der Waals surface area contributed by atoms with Gasteiger partial charge < -0.3 is 14.8 Å². The zero-order valence-electron chi connectivity index (χ0n) is 18.7. The maximum Gasteiger partial charge on any atom is 0.268 e. The Morgan fingerprint density at radius 3 is 2.50 bits per heavy atom. The topological polar surface area (TPSA) is 69.6 Å². The maximum atomic E-state index is 14.6. The van der Waals surface area contributed by atoms with Gasteiger partial charge in [0.15, 0.2) is 11.5 Å². The molecule has 0 radical (unpaired) electrons. The monoisotopic (exact) mass is 522 g/mol. The summed E-state index contributed by atoms with van der Waals surface area (Å²) in [5.41, 5.74) is 1.87. The van der Waals surface area contributed by atoms with Crippen molar-refractivity contribution in [3.8, 4) is 33.2 Å². The van der Waals surface area contributed by atoms with Crippen molar-refractivity contribution >= 4 is 33.8 Å². The summed E-state index contributed by atoms with van der Waals surface area (Å²) in [6.07, 6.45) is 1.52. The molecule has 0 bridgehead atoms. The Labute approximate surface area is 208 Å². The molecule has 0 saturated heterocycles. The largest absolute Gasteiger partial charge is 0.492 e. The second kappa shape index (κ2) is 10.6. The molecule has 0 saturated carbocycles. The highest BCUT2D eigenvalue weighted by molar-refractivity contribution is 7.90. The van der Waals surface area contributed by atoms with E-state index in [1.165, 1.54) is 29.7 Å². The Kier molecular flexibility index (Phi) is 8.04. The number of aromatic nitrogens is 1. The fourth-order valence-electron chi connectivity index (χ4n) is 3.64. The number of ether oxygens (including phenoxy) is 2. The number of hydrogen-bond acceptors (Lipinski definition) is 6. The molecule has 1 N–H and O–H groups in total. The van der Waals surface area contributed by atoms with Gasteiger partial charge in [-0.3, -0.25) is 0 Å². The van der Waals surface area contributed by atoms with Crippen LogP contribution in [0.2, 0.25) is 0 Å². The van der Waals surface area contributed by atoms with Gasteiger partial charge in [-0.2, -0.15) is 0 Å². The molecule has 0 amide bonds. The predicted molar refractivity (Wildman–Crippen MR) is 135 cm³/mol. The second-order valence-corrected chi connectivity index (χ2v) is 9.93. The maximum absolute atomic E-state index is 14.6. The quantitative estimate of drug-likeness (QED) is 0.335. The number of halogens is 2. The fourth-order valence-corrected chi connectivity index (χ4v) is 6.06. The zero-order chi connectivity index (χ0) is 23.6. The number of rotatable bonds is 8. The van der Waals surface area contributed by atoms with Crippen LogP contribution in [0.25, 0.3) is 21.7 Å². The van der Waals surface area contributed by atoms with Gasteiger partial charge in [-0.25, -0.2) is 16.8 Å². The molecular weight excluding hydrogens is 499 g/mol. The van der Waals surface area contributed by atoms with E-state index in [-0.39, 0.29) is 28.6 Å². The van der Waals surface area contributed by atoms with E-state index in [2.05, 4.69) is 5.32 Å². The van der Waals surface area contributed by atoms with Crippen LogP contribution >= 0.6 is 23.7 Å². The number of benzene rings is 2. The van der Waals surface area contributed by atoms with E-state index < -0.39 is 15.8 Å². The van der Waals surface area contributed by atoms with Gasteiger partial charge in [0.25, 0.3) is 10.0 Å². The van der Waals surface area contributed by atoms with E-state index in [1.807, 2.05) is 11.4 Å². The van der Waals surface area contributed by atoms with Crippen molar-refractivity contribution in [3.05, 3.63) is 77.6 Å². The molecule has 2 aromatic carbocycles. The van der Waals surface area contributed by atoms with Crippen molar-refractivity contribution in [2.24, 2.45) is 0 Å². The number of nitrogens with one attached hydrogen (secondary N) is 1. The molecule has 2 heterocycles. The average Bonchev–Trinajstić information content (AvgIpc) is 3.44. The number of hydrogen-bond donors (Lipinski definition) is 1. The summed E-state index contributed by atoms with van der Waals surface area (Å²) in [5, 5.41) is 4.81. The first-order valence-corrected chi connectivity index (χ1v) is 12.4. The van der Waals surface area contributed by atoms with Crippen molar-refractivity contribution in [2.45, 2.75) is 11.4 Å². The molecule has 0 spiro atoms. The van der Waals surface area contributed by atoms with E-state index >= 15 is 0 Å². The Balaban J connectivity index is 0.00000324. The zero-order valence-corrected chi connectivity index (χ0v) is 21.2. The molecule has 0 aliphatic carbocycles. The fraction of sp³-hybridized carbons (Fsp3) is 0.167. The molecule has 0 atom stereocenters. The summed E-state index contributed by atoms with van der Waals surface area (Å²) >= 11 is 1.40. The van der Waals surface area contributed by atoms with Gasteiger partial charge in [0.2, 0.25) is 0 Å². The summed E-state index contributed by atoms with van der Waals surface area (Å²) in [4.78, 5) is 0.836. The molecule has 4 aromatic rings. The van der Waals surface area contributed by atoms with Crippen LogP contribution in [0.4, 0.5) is 4.39 Å². The van der Waals surface area contributed by atoms with Gasteiger partial charge in [0.1, 0.15) is 5.82 Å². The van der Waals surface area contributed by atoms with E-state index in [4.69, 9.17) is 9.47 Å². The van der Waals surface area contributed by atoms with Gasteiger partial charge in [0, 0.05) is 23.7 Å². The van der Waals surface area contributed by atoms with Gasteiger partial charge in [-0.15, -0.1) is 23.7 Å². The lowest BCUT2D eigenvalue weighted by atomic mass is 10.1. The Hall–Kier alpha value is -2.85. The lowest BCUT2D eigenvalue weighted by Gasteiger charge is -2.12. The van der Waals surface area contributed by atoms with Crippen LogP contribution < -0.4 is 14.8 Å². The van der Waals surface area contributed by atoms with Crippen molar-refractivity contribution in [3.63, 3.8) is 0 Å². The summed E-state index contributed by atoms with van der Waals surface area (Å²) in [6.45, 7) is 0.441. The average molecular weight is 523 g/mol. The normalized spacial score (nSPS) is 11.2. The highest BCUT2D eigenvalue weighted by atomic mass is 35.5. The minimum atomic E-state index is -4.03. The molecular formula is C24H24ClFN2O4S2. The van der Waals surface area contributed by atoms with Gasteiger partial charge in [-0.05, 0) is 48.5 Å². The Bertz CT molecular complexity index is 1400. The Morgan fingerprint density at radius 1 is 1.06 bits per heavy atom. The molecule has 0 aliphatic heterocycles. The minimum absolute atomic E-state index is 0. The van der Waals surface area contributed by atoms with Crippen LogP contribution in [0.1, 0.15) is 5.56 Å². The van der Waals surface area contributed by atoms with E-state index in [0.717, 1.165) is 14.4 Å². The number of nitrogens with zero attached hydrogens (tertiary/aromatic N) is 1. The second-order valence-electron chi connectivity index (χ2n) is 7.24. The van der Waals surface area contributed by atoms with E-state index in [9.17, 15) is 12.8 Å². The molecule has 2 aromatic heterocycles. The van der Waals surface area contributed by atoms with Crippen LogP contribution in [0.15, 0.2) is 71.1 Å². The molecule has 0 aliphatic rings. The Morgan fingerprint density at radius 2 is 1.82 bits per heavy atom. The SMILES string of the molecule is CNCc1cc(-c2ccccc2F)n(S(=O)(=O)c2cccc(-c3scc(OC)c3OC)c2)c1.Cl. The first kappa shape index (κ1) is 25.8. The summed E-state index contributed by atoms with van der Waals surface area (Å²) in [7, 11) is 0.829. The number of thiophene rings is 1. The molecule has 180 valence electrons. The van der Waals surface area contributed by atoms with Crippen molar-refractivity contribution in [2.75, 3.05) is 21.3 Å². The lowest BCUT2D eigenvalue weighted by molar-refractivity contribution is 0.359. The van der Waals surface area contributed by atoms with E-state index in [0.29, 0.717) is 23.6 Å². The molecule has 10 heteroatoms. The van der Waals surface area contributed by atoms with Crippen LogP contribution in [0.5, 0.6) is 11.5 Å². The standard InChI is InChI=1S/C24H23FN2O4S2.ClH/c1-26-13-16-11-21(19-9-4-5-10-20(19)25)27(14-16)33(28,29)18-8-6-7-17(12-18)24-23(31-3)22(30-2)15-32-24;/h4-12,14-15,26H,13H2,1-3H3;1H. The van der Waals surface area contributed by atoms with Gasteiger partial charge in [-0.1, -0.05) is 24.3 Å². The molecule has 0 unspecified atom stereocenters. The van der Waals surface area contributed by atoms with Crippen LogP contribution in [-0.4, -0.2) is 33.7 Å². The highest BCUT2D eigenvalue weighted by Crippen LogP contribution is 2.44. The van der Waals surface area contributed by atoms with Crippen LogP contribution in [0.3, 0.4) is 0 Å². The number of methoxy groups -OCH3 is 2. The molecule has 0 fully saturated rings. The highest BCUT2D eigenvalue weighted by Gasteiger charge is 2.24. The third kappa shape index (κ3) is 4.69. The summed E-state index contributed by atoms with van der Waals surface area (Å²) in [6, 6.07) is 14.4.